The summed E-state index contributed by atoms with van der Waals surface area (Å²) in [5, 5.41) is 5.60. The molecule has 5 heteroatoms. The summed E-state index contributed by atoms with van der Waals surface area (Å²) in [5.41, 5.74) is 1.91. The molecule has 5 nitrogen and oxygen atoms in total. The van der Waals surface area contributed by atoms with Gasteiger partial charge in [0, 0.05) is 0 Å². The van der Waals surface area contributed by atoms with E-state index in [-0.39, 0.29) is 12.5 Å². The van der Waals surface area contributed by atoms with Gasteiger partial charge in [0.15, 0.2) is 0 Å². The van der Waals surface area contributed by atoms with Crippen molar-refractivity contribution in [3.05, 3.63) is 71.8 Å². The fraction of sp³-hybridized carbons (Fsp3) is 0.364. The zero-order chi connectivity index (χ0) is 19.5. The molecule has 2 amide bonds. The number of alkyl carbamates (subject to hydrolysis) is 1. The maximum absolute atomic E-state index is 12.6. The molecule has 0 radical (unpaired) electrons. The Hall–Kier alpha value is -2.66. The Balaban J connectivity index is 1.89. The number of ether oxygens (including phenoxy) is 1. The third-order valence-electron chi connectivity index (χ3n) is 4.15. The third kappa shape index (κ3) is 8.05. The summed E-state index contributed by atoms with van der Waals surface area (Å²) in [4.78, 5) is 24.6. The van der Waals surface area contributed by atoms with Crippen molar-refractivity contribution < 1.29 is 14.3 Å². The van der Waals surface area contributed by atoms with Crippen molar-refractivity contribution in [1.82, 2.24) is 10.6 Å². The Morgan fingerprint density at radius 3 is 2.11 bits per heavy atom. The average molecular weight is 368 g/mol. The van der Waals surface area contributed by atoms with E-state index >= 15 is 0 Å². The molecule has 0 aliphatic carbocycles. The van der Waals surface area contributed by atoms with Gasteiger partial charge in [-0.05, 0) is 36.4 Å². The van der Waals surface area contributed by atoms with Crippen molar-refractivity contribution in [1.29, 1.82) is 0 Å². The second kappa shape index (κ2) is 11.1. The predicted molar refractivity (Wildman–Crippen MR) is 106 cm³/mol. The van der Waals surface area contributed by atoms with Crippen LogP contribution in [-0.4, -0.2) is 24.6 Å². The van der Waals surface area contributed by atoms with Gasteiger partial charge in [-0.1, -0.05) is 74.5 Å². The van der Waals surface area contributed by atoms with Crippen LogP contribution in [0.2, 0.25) is 0 Å². The van der Waals surface area contributed by atoms with Crippen molar-refractivity contribution in [2.24, 2.45) is 5.92 Å². The first-order chi connectivity index (χ1) is 13.0. The fourth-order valence-electron chi connectivity index (χ4n) is 2.60. The molecule has 2 aromatic carbocycles. The molecule has 0 aliphatic heterocycles. The molecule has 144 valence electrons. The van der Waals surface area contributed by atoms with Gasteiger partial charge >= 0.3 is 6.09 Å². The smallest absolute Gasteiger partial charge is 0.414 e. The summed E-state index contributed by atoms with van der Waals surface area (Å²) in [6.45, 7) is 5.11. The molecule has 0 heterocycles. The number of imide groups is 1. The van der Waals surface area contributed by atoms with Crippen molar-refractivity contribution >= 4 is 12.0 Å². The maximum Gasteiger partial charge on any atom is 0.414 e. The lowest BCUT2D eigenvalue weighted by atomic mass is 10.0. The fourth-order valence-corrected chi connectivity index (χ4v) is 2.60. The standard InChI is InChI=1S/C22H28N2O3/c1-17(2)13-14-23-20(15-18-9-5-3-6-10-18)21(25)24-22(26)27-16-19-11-7-4-8-12-19/h3-12,17,20,23H,13-16H2,1-2H3,(H,24,25,26)/t20-/m0/s1. The summed E-state index contributed by atoms with van der Waals surface area (Å²) < 4.78 is 5.14. The van der Waals surface area contributed by atoms with Crippen LogP contribution in [-0.2, 0) is 22.6 Å². The molecule has 0 saturated heterocycles. The van der Waals surface area contributed by atoms with Gasteiger partial charge in [0.1, 0.15) is 6.61 Å². The van der Waals surface area contributed by atoms with Gasteiger partial charge in [0.25, 0.3) is 0 Å². The Morgan fingerprint density at radius 1 is 0.926 bits per heavy atom. The van der Waals surface area contributed by atoms with E-state index in [1.807, 2.05) is 60.7 Å². The summed E-state index contributed by atoms with van der Waals surface area (Å²) in [6, 6.07) is 18.6. The van der Waals surface area contributed by atoms with Crippen LogP contribution in [0.5, 0.6) is 0 Å². The van der Waals surface area contributed by atoms with Gasteiger partial charge in [-0.3, -0.25) is 10.1 Å². The lowest BCUT2D eigenvalue weighted by Crippen LogP contribution is -2.48. The molecule has 0 aliphatic rings. The molecule has 1 atom stereocenters. The average Bonchev–Trinajstić information content (AvgIpc) is 2.67. The zero-order valence-electron chi connectivity index (χ0n) is 16.0. The molecular formula is C22H28N2O3. The highest BCUT2D eigenvalue weighted by atomic mass is 16.5. The minimum atomic E-state index is -0.729. The van der Waals surface area contributed by atoms with E-state index in [4.69, 9.17) is 4.74 Å². The molecule has 0 fully saturated rings. The number of nitrogens with one attached hydrogen (secondary N) is 2. The maximum atomic E-state index is 12.6. The minimum absolute atomic E-state index is 0.129. The van der Waals surface area contributed by atoms with E-state index in [1.54, 1.807) is 0 Å². The molecule has 0 bridgehead atoms. The first-order valence-corrected chi connectivity index (χ1v) is 9.33. The first kappa shape index (κ1) is 20.6. The molecule has 0 spiro atoms. The van der Waals surface area contributed by atoms with Gasteiger partial charge in [0.05, 0.1) is 6.04 Å². The number of carbonyl (C=O) groups is 2. The summed E-state index contributed by atoms with van der Waals surface area (Å²) >= 11 is 0. The van der Waals surface area contributed by atoms with Crippen LogP contribution in [0.1, 0.15) is 31.4 Å². The molecule has 27 heavy (non-hydrogen) atoms. The molecule has 2 N–H and O–H groups in total. The van der Waals surface area contributed by atoms with E-state index in [2.05, 4.69) is 24.5 Å². The van der Waals surface area contributed by atoms with Crippen LogP contribution in [0.4, 0.5) is 4.79 Å². The molecule has 0 unspecified atom stereocenters. The highest BCUT2D eigenvalue weighted by molar-refractivity contribution is 5.95. The first-order valence-electron chi connectivity index (χ1n) is 9.33. The SMILES string of the molecule is CC(C)CCN[C@@H](Cc1ccccc1)C(=O)NC(=O)OCc1ccccc1. The number of benzene rings is 2. The number of amides is 2. The van der Waals surface area contributed by atoms with E-state index in [0.717, 1.165) is 17.5 Å². The number of hydrogen-bond acceptors (Lipinski definition) is 4. The summed E-state index contributed by atoms with van der Waals surface area (Å²) in [6.07, 6.45) is 0.737. The Labute approximate surface area is 161 Å². The van der Waals surface area contributed by atoms with Crippen LogP contribution < -0.4 is 10.6 Å². The topological polar surface area (TPSA) is 67.4 Å². The van der Waals surface area contributed by atoms with Crippen LogP contribution in [0.15, 0.2) is 60.7 Å². The highest BCUT2D eigenvalue weighted by Gasteiger charge is 2.21. The zero-order valence-corrected chi connectivity index (χ0v) is 16.0. The minimum Gasteiger partial charge on any atom is -0.444 e. The van der Waals surface area contributed by atoms with Gasteiger partial charge in [-0.25, -0.2) is 4.79 Å². The Kier molecular flexibility index (Phi) is 8.52. The number of hydrogen-bond donors (Lipinski definition) is 2. The largest absolute Gasteiger partial charge is 0.444 e. The second-order valence-corrected chi connectivity index (χ2v) is 6.93. The lowest BCUT2D eigenvalue weighted by molar-refractivity contribution is -0.122. The van der Waals surface area contributed by atoms with Gasteiger partial charge in [-0.2, -0.15) is 0 Å². The van der Waals surface area contributed by atoms with Crippen molar-refractivity contribution in [3.63, 3.8) is 0 Å². The molecule has 2 aromatic rings. The van der Waals surface area contributed by atoms with E-state index in [0.29, 0.717) is 18.9 Å². The quantitative estimate of drug-likeness (QED) is 0.708. The second-order valence-electron chi connectivity index (χ2n) is 6.93. The molecule has 2 rings (SSSR count). The van der Waals surface area contributed by atoms with Gasteiger partial charge in [0.2, 0.25) is 5.91 Å². The molecular weight excluding hydrogens is 340 g/mol. The lowest BCUT2D eigenvalue weighted by Gasteiger charge is -2.19. The number of carbonyl (C=O) groups excluding carboxylic acids is 2. The number of rotatable bonds is 9. The third-order valence-corrected chi connectivity index (χ3v) is 4.15. The molecule has 0 aromatic heterocycles. The van der Waals surface area contributed by atoms with Gasteiger partial charge < -0.3 is 10.1 Å². The Bertz CT molecular complexity index is 702. The van der Waals surface area contributed by atoms with Crippen molar-refractivity contribution in [3.8, 4) is 0 Å². The van der Waals surface area contributed by atoms with Gasteiger partial charge in [-0.15, -0.1) is 0 Å². The van der Waals surface area contributed by atoms with E-state index in [1.165, 1.54) is 0 Å². The monoisotopic (exact) mass is 368 g/mol. The van der Waals surface area contributed by atoms with Crippen molar-refractivity contribution in [2.75, 3.05) is 6.54 Å². The van der Waals surface area contributed by atoms with E-state index < -0.39 is 12.1 Å². The van der Waals surface area contributed by atoms with E-state index in [9.17, 15) is 9.59 Å². The van der Waals surface area contributed by atoms with Crippen LogP contribution in [0.3, 0.4) is 0 Å². The summed E-state index contributed by atoms with van der Waals surface area (Å²) in [7, 11) is 0. The van der Waals surface area contributed by atoms with Crippen LogP contribution in [0.25, 0.3) is 0 Å². The predicted octanol–water partition coefficient (Wildman–Crippen LogP) is 3.69. The normalized spacial score (nSPS) is 11.8. The van der Waals surface area contributed by atoms with Crippen LogP contribution in [0, 0.1) is 5.92 Å². The van der Waals surface area contributed by atoms with Crippen LogP contribution >= 0.6 is 0 Å². The van der Waals surface area contributed by atoms with Crippen molar-refractivity contribution in [2.45, 2.75) is 39.3 Å². The Morgan fingerprint density at radius 2 is 1.52 bits per heavy atom. The summed E-state index contributed by atoms with van der Waals surface area (Å²) in [5.74, 6) is 0.162. The molecule has 0 saturated carbocycles. The highest BCUT2D eigenvalue weighted by Crippen LogP contribution is 2.06.